The van der Waals surface area contributed by atoms with Crippen LogP contribution in [-0.4, -0.2) is 18.1 Å². The number of rotatable bonds is 1. The smallest absolute Gasteiger partial charge is 0.136 e. The summed E-state index contributed by atoms with van der Waals surface area (Å²) >= 11 is 5.81. The van der Waals surface area contributed by atoms with Gasteiger partial charge in [0, 0.05) is 12.3 Å². The van der Waals surface area contributed by atoms with Gasteiger partial charge in [-0.25, -0.2) is 0 Å². The van der Waals surface area contributed by atoms with E-state index in [1.807, 2.05) is 25.1 Å². The van der Waals surface area contributed by atoms with Crippen molar-refractivity contribution in [3.63, 3.8) is 0 Å². The number of benzene rings is 1. The quantitative estimate of drug-likeness (QED) is 0.699. The largest absolute Gasteiger partial charge is 0.299 e. The van der Waals surface area contributed by atoms with Crippen molar-refractivity contribution >= 4 is 28.9 Å². The first-order chi connectivity index (χ1) is 7.12. The zero-order valence-corrected chi connectivity index (χ0v) is 10.6. The molecular weight excluding hydrogens is 223 g/mol. The maximum atomic E-state index is 11.5. The zero-order valence-electron chi connectivity index (χ0n) is 8.85. The zero-order chi connectivity index (χ0) is 10.9. The molecule has 1 heterocycles. The molecular formula is C12H15OPS. The van der Waals surface area contributed by atoms with Crippen molar-refractivity contribution in [3.05, 3.63) is 30.3 Å². The Morgan fingerprint density at radius 1 is 1.33 bits per heavy atom. The summed E-state index contributed by atoms with van der Waals surface area (Å²) in [6, 6.07) is 8.92. The van der Waals surface area contributed by atoms with E-state index < -0.39 is 6.04 Å². The average molecular weight is 238 g/mol. The van der Waals surface area contributed by atoms with E-state index in [1.165, 1.54) is 5.30 Å². The summed E-state index contributed by atoms with van der Waals surface area (Å²) < 4.78 is 0. The summed E-state index contributed by atoms with van der Waals surface area (Å²) in [6.45, 7) is 2.02. The van der Waals surface area contributed by atoms with Gasteiger partial charge in [0.1, 0.15) is 5.78 Å². The van der Waals surface area contributed by atoms with Crippen LogP contribution in [0.2, 0.25) is 0 Å². The van der Waals surface area contributed by atoms with Crippen LogP contribution in [0.3, 0.4) is 0 Å². The molecule has 2 rings (SSSR count). The van der Waals surface area contributed by atoms with E-state index in [0.717, 1.165) is 12.3 Å². The molecule has 0 unspecified atom stereocenters. The minimum Gasteiger partial charge on any atom is -0.299 e. The van der Waals surface area contributed by atoms with Gasteiger partial charge in [-0.15, -0.1) is 0 Å². The topological polar surface area (TPSA) is 17.1 Å². The van der Waals surface area contributed by atoms with Gasteiger partial charge in [-0.3, -0.25) is 4.79 Å². The summed E-state index contributed by atoms with van der Waals surface area (Å²) in [7, 11) is 0. The lowest BCUT2D eigenvalue weighted by atomic mass is 10.1. The Kier molecular flexibility index (Phi) is 3.08. The normalized spacial score (nSPS) is 31.5. The minimum absolute atomic E-state index is 0.171. The third kappa shape index (κ3) is 2.21. The van der Waals surface area contributed by atoms with Gasteiger partial charge >= 0.3 is 0 Å². The third-order valence-corrected chi connectivity index (χ3v) is 8.01. The van der Waals surface area contributed by atoms with Crippen molar-refractivity contribution in [1.82, 2.24) is 0 Å². The first-order valence-corrected chi connectivity index (χ1v) is 8.45. The molecule has 1 aliphatic rings. The molecule has 0 aromatic heterocycles. The van der Waals surface area contributed by atoms with Gasteiger partial charge in [-0.05, 0) is 23.7 Å². The Morgan fingerprint density at radius 3 is 2.60 bits per heavy atom. The number of ketones is 1. The number of Topliss-reactive ketones (excluding diaryl/α,β-unsaturated/α-hetero) is 1. The highest BCUT2D eigenvalue weighted by molar-refractivity contribution is 8.18. The highest BCUT2D eigenvalue weighted by Crippen LogP contribution is 2.50. The van der Waals surface area contributed by atoms with Gasteiger partial charge in [0.2, 0.25) is 0 Å². The van der Waals surface area contributed by atoms with Gasteiger partial charge in [0.25, 0.3) is 0 Å². The molecule has 0 saturated carbocycles. The van der Waals surface area contributed by atoms with Crippen molar-refractivity contribution in [1.29, 1.82) is 0 Å². The lowest BCUT2D eigenvalue weighted by Gasteiger charge is -2.30. The average Bonchev–Trinajstić information content (AvgIpc) is 2.26. The summed E-state index contributed by atoms with van der Waals surface area (Å²) in [4.78, 5) is 11.5. The number of hydrogen-bond acceptors (Lipinski definition) is 2. The van der Waals surface area contributed by atoms with Crippen LogP contribution < -0.4 is 5.30 Å². The van der Waals surface area contributed by atoms with Crippen LogP contribution in [0.5, 0.6) is 0 Å². The molecule has 1 aromatic carbocycles. The first-order valence-electron chi connectivity index (χ1n) is 5.28. The summed E-state index contributed by atoms with van der Waals surface area (Å²) in [5.41, 5.74) is 0. The van der Waals surface area contributed by atoms with Crippen molar-refractivity contribution in [3.8, 4) is 0 Å². The van der Waals surface area contributed by atoms with Crippen molar-refractivity contribution in [2.45, 2.75) is 13.3 Å². The standard InChI is InChI=1S/C12H15OPS/c1-10-9-14(15,8-7-12(10)13)11-5-3-2-4-6-11/h2-6,10H,7-9H2,1H3/t10-,14+/m0/s1. The second-order valence-corrected chi connectivity index (χ2v) is 9.45. The van der Waals surface area contributed by atoms with E-state index in [9.17, 15) is 4.79 Å². The van der Waals surface area contributed by atoms with Gasteiger partial charge < -0.3 is 0 Å². The SMILES string of the molecule is C[C@H]1C[P@@](=S)(c2ccccc2)CCC1=O. The molecule has 1 fully saturated rings. The van der Waals surface area contributed by atoms with Gasteiger partial charge in [0.05, 0.1) is 0 Å². The molecule has 1 aromatic rings. The number of hydrogen-bond donors (Lipinski definition) is 0. The predicted molar refractivity (Wildman–Crippen MR) is 68.9 cm³/mol. The Balaban J connectivity index is 2.29. The lowest BCUT2D eigenvalue weighted by Crippen LogP contribution is -2.27. The fourth-order valence-corrected chi connectivity index (χ4v) is 6.45. The Morgan fingerprint density at radius 2 is 2.00 bits per heavy atom. The minimum atomic E-state index is -1.45. The number of carbonyl (C=O) groups is 1. The molecule has 2 atom stereocenters. The third-order valence-electron chi connectivity index (χ3n) is 3.06. The summed E-state index contributed by atoms with van der Waals surface area (Å²) in [5, 5.41) is 1.30. The summed E-state index contributed by atoms with van der Waals surface area (Å²) in [5.74, 6) is 0.566. The van der Waals surface area contributed by atoms with Crippen LogP contribution in [0.25, 0.3) is 0 Å². The monoisotopic (exact) mass is 238 g/mol. The fraction of sp³-hybridized carbons (Fsp3) is 0.417. The van der Waals surface area contributed by atoms with Crippen LogP contribution in [0.15, 0.2) is 30.3 Å². The van der Waals surface area contributed by atoms with Crippen molar-refractivity contribution < 1.29 is 4.79 Å². The highest BCUT2D eigenvalue weighted by Gasteiger charge is 2.31. The van der Waals surface area contributed by atoms with Crippen LogP contribution in [0, 0.1) is 5.92 Å². The predicted octanol–water partition coefficient (Wildman–Crippen LogP) is 2.40. The first kappa shape index (κ1) is 11.0. The molecule has 1 nitrogen and oxygen atoms in total. The van der Waals surface area contributed by atoms with E-state index in [-0.39, 0.29) is 5.92 Å². The second kappa shape index (κ2) is 4.19. The molecule has 3 heteroatoms. The Hall–Kier alpha value is -0.460. The highest BCUT2D eigenvalue weighted by atomic mass is 32.4. The van der Waals surface area contributed by atoms with Crippen molar-refractivity contribution in [2.24, 2.45) is 5.92 Å². The molecule has 0 aliphatic carbocycles. The molecule has 0 bridgehead atoms. The molecule has 15 heavy (non-hydrogen) atoms. The Labute approximate surface area is 95.9 Å². The maximum absolute atomic E-state index is 11.5. The summed E-state index contributed by atoms with van der Waals surface area (Å²) in [6.07, 6.45) is 2.54. The van der Waals surface area contributed by atoms with Gasteiger partial charge in [-0.1, -0.05) is 49.1 Å². The Bertz CT molecular complexity index is 413. The van der Waals surface area contributed by atoms with E-state index in [4.69, 9.17) is 11.8 Å². The van der Waals surface area contributed by atoms with Crippen LogP contribution >= 0.6 is 6.04 Å². The number of carbonyl (C=O) groups excluding carboxylic acids is 1. The van der Waals surface area contributed by atoms with Gasteiger partial charge in [0.15, 0.2) is 0 Å². The van der Waals surface area contributed by atoms with E-state index >= 15 is 0 Å². The van der Waals surface area contributed by atoms with Crippen LogP contribution in [0.4, 0.5) is 0 Å². The molecule has 0 radical (unpaired) electrons. The molecule has 1 saturated heterocycles. The molecule has 1 aliphatic heterocycles. The maximum Gasteiger partial charge on any atom is 0.136 e. The lowest BCUT2D eigenvalue weighted by molar-refractivity contribution is -0.121. The molecule has 80 valence electrons. The van der Waals surface area contributed by atoms with Crippen molar-refractivity contribution in [2.75, 3.05) is 12.3 Å². The van der Waals surface area contributed by atoms with Gasteiger partial charge in [-0.2, -0.15) is 0 Å². The molecule has 0 N–H and O–H groups in total. The van der Waals surface area contributed by atoms with E-state index in [2.05, 4.69) is 12.1 Å². The second-order valence-electron chi connectivity index (χ2n) is 4.25. The molecule has 0 spiro atoms. The van der Waals surface area contributed by atoms with Crippen LogP contribution in [0.1, 0.15) is 13.3 Å². The van der Waals surface area contributed by atoms with Crippen LogP contribution in [-0.2, 0) is 16.6 Å². The molecule has 0 amide bonds. The van der Waals surface area contributed by atoms with E-state index in [0.29, 0.717) is 12.2 Å². The fourth-order valence-electron chi connectivity index (χ4n) is 2.11. The van der Waals surface area contributed by atoms with E-state index in [1.54, 1.807) is 0 Å².